The van der Waals surface area contributed by atoms with E-state index in [0.717, 1.165) is 78.0 Å². The minimum absolute atomic E-state index is 0. The Morgan fingerprint density at radius 1 is 1.34 bits per heavy atom. The van der Waals surface area contributed by atoms with E-state index < -0.39 is 0 Å². The molecule has 29 heavy (non-hydrogen) atoms. The number of nitrogens with one attached hydrogen (secondary N) is 2. The molecule has 2 heterocycles. The lowest BCUT2D eigenvalue weighted by atomic mass is 10.1. The average molecular weight is 539 g/mol. The predicted molar refractivity (Wildman–Crippen MR) is 134 cm³/mol. The van der Waals surface area contributed by atoms with Crippen molar-refractivity contribution < 1.29 is 9.47 Å². The van der Waals surface area contributed by atoms with Gasteiger partial charge >= 0.3 is 0 Å². The van der Waals surface area contributed by atoms with E-state index in [9.17, 15) is 0 Å². The maximum absolute atomic E-state index is 5.78. The molecule has 1 saturated heterocycles. The molecular weight excluding hydrogens is 499 g/mol. The molecule has 1 aromatic rings. The molecule has 6 nitrogen and oxygen atoms in total. The first-order valence-corrected chi connectivity index (χ1v) is 11.7. The number of nitrogens with zero attached hydrogens (tertiary/aromatic N) is 2. The van der Waals surface area contributed by atoms with Gasteiger partial charge in [-0.2, -0.15) is 11.3 Å². The van der Waals surface area contributed by atoms with Crippen LogP contribution in [0.25, 0.3) is 0 Å². The van der Waals surface area contributed by atoms with Crippen LogP contribution in [0.4, 0.5) is 0 Å². The SMILES string of the molecule is CCNC(=NCC(c1ccsc1)N(CC)CC)NCCCOCC1CCOC1.I. The number of guanidine groups is 1. The summed E-state index contributed by atoms with van der Waals surface area (Å²) in [5.41, 5.74) is 1.36. The fourth-order valence-electron chi connectivity index (χ4n) is 3.43. The zero-order chi connectivity index (χ0) is 20.0. The van der Waals surface area contributed by atoms with Crippen LogP contribution >= 0.6 is 35.3 Å². The Balaban J connectivity index is 0.00000420. The second-order valence-corrected chi connectivity index (χ2v) is 7.88. The zero-order valence-corrected chi connectivity index (χ0v) is 21.3. The van der Waals surface area contributed by atoms with E-state index in [1.165, 1.54) is 5.56 Å². The standard InChI is InChI=1S/C21H38N4O2S.HI/c1-4-22-21(23-10-7-11-26-15-18-8-12-27-16-18)24-14-20(25(5-2)6-3)19-9-13-28-17-19;/h9,13,17-18,20H,4-8,10-12,14-16H2,1-3H3,(H2,22,23,24);1H. The molecule has 1 aromatic heterocycles. The van der Waals surface area contributed by atoms with Crippen molar-refractivity contribution in [3.63, 3.8) is 0 Å². The van der Waals surface area contributed by atoms with Gasteiger partial charge in [0, 0.05) is 32.2 Å². The summed E-state index contributed by atoms with van der Waals surface area (Å²) in [6.07, 6.45) is 2.11. The summed E-state index contributed by atoms with van der Waals surface area (Å²) in [7, 11) is 0. The van der Waals surface area contributed by atoms with Gasteiger partial charge in [0.2, 0.25) is 0 Å². The molecule has 1 fully saturated rings. The van der Waals surface area contributed by atoms with Crippen LogP contribution in [0, 0.1) is 5.92 Å². The van der Waals surface area contributed by atoms with Gasteiger partial charge in [0.25, 0.3) is 0 Å². The first kappa shape index (κ1) is 26.6. The van der Waals surface area contributed by atoms with E-state index in [4.69, 9.17) is 14.5 Å². The van der Waals surface area contributed by atoms with Crippen LogP contribution in [0.3, 0.4) is 0 Å². The Hall–Kier alpha value is -0.420. The van der Waals surface area contributed by atoms with Gasteiger partial charge in [0.05, 0.1) is 25.8 Å². The minimum atomic E-state index is 0. The van der Waals surface area contributed by atoms with E-state index in [-0.39, 0.29) is 24.0 Å². The smallest absolute Gasteiger partial charge is 0.191 e. The van der Waals surface area contributed by atoms with Gasteiger partial charge in [-0.25, -0.2) is 0 Å². The summed E-state index contributed by atoms with van der Waals surface area (Å²) < 4.78 is 11.2. The summed E-state index contributed by atoms with van der Waals surface area (Å²) in [5, 5.41) is 11.2. The predicted octanol–water partition coefficient (Wildman–Crippen LogP) is 3.75. The van der Waals surface area contributed by atoms with Crippen LogP contribution in [0.2, 0.25) is 0 Å². The summed E-state index contributed by atoms with van der Waals surface area (Å²) in [4.78, 5) is 7.34. The molecule has 0 aromatic carbocycles. The number of likely N-dealkylation sites (N-methyl/N-ethyl adjacent to an activating group) is 1. The molecule has 1 aliphatic heterocycles. The second kappa shape index (κ2) is 16.3. The van der Waals surface area contributed by atoms with Crippen LogP contribution in [0.15, 0.2) is 21.8 Å². The highest BCUT2D eigenvalue weighted by molar-refractivity contribution is 14.0. The van der Waals surface area contributed by atoms with Crippen LogP contribution < -0.4 is 10.6 Å². The van der Waals surface area contributed by atoms with Gasteiger partial charge < -0.3 is 20.1 Å². The van der Waals surface area contributed by atoms with Gasteiger partial charge in [-0.05, 0) is 55.2 Å². The molecular formula is C21H39IN4O2S. The molecule has 0 amide bonds. The van der Waals surface area contributed by atoms with Gasteiger partial charge in [0.15, 0.2) is 5.96 Å². The minimum Gasteiger partial charge on any atom is -0.381 e. The molecule has 8 heteroatoms. The average Bonchev–Trinajstić information content (AvgIpc) is 3.41. The Labute approximate surface area is 197 Å². The Morgan fingerprint density at radius 2 is 2.17 bits per heavy atom. The van der Waals surface area contributed by atoms with Crippen molar-refractivity contribution in [3.05, 3.63) is 22.4 Å². The van der Waals surface area contributed by atoms with E-state index >= 15 is 0 Å². The lowest BCUT2D eigenvalue weighted by Crippen LogP contribution is -2.39. The maximum atomic E-state index is 5.78. The van der Waals surface area contributed by atoms with Crippen LogP contribution in [0.5, 0.6) is 0 Å². The summed E-state index contributed by atoms with van der Waals surface area (Å²) in [6.45, 7) is 14.4. The van der Waals surface area contributed by atoms with Crippen LogP contribution in [-0.2, 0) is 9.47 Å². The Morgan fingerprint density at radius 3 is 2.79 bits per heavy atom. The molecule has 0 aliphatic carbocycles. The van der Waals surface area contributed by atoms with Crippen molar-refractivity contribution in [2.24, 2.45) is 10.9 Å². The quantitative estimate of drug-likeness (QED) is 0.174. The van der Waals surface area contributed by atoms with E-state index in [1.54, 1.807) is 11.3 Å². The zero-order valence-electron chi connectivity index (χ0n) is 18.2. The number of ether oxygens (including phenoxy) is 2. The van der Waals surface area contributed by atoms with Crippen LogP contribution in [-0.4, -0.2) is 70.0 Å². The highest BCUT2D eigenvalue weighted by atomic mass is 127. The van der Waals surface area contributed by atoms with Gasteiger partial charge in [-0.15, -0.1) is 24.0 Å². The van der Waals surface area contributed by atoms with Gasteiger partial charge in [0.1, 0.15) is 0 Å². The molecule has 1 aliphatic rings. The van der Waals surface area contributed by atoms with Crippen molar-refractivity contribution in [2.45, 2.75) is 39.7 Å². The lowest BCUT2D eigenvalue weighted by Gasteiger charge is -2.28. The highest BCUT2D eigenvalue weighted by Crippen LogP contribution is 2.23. The number of hydrogen-bond donors (Lipinski definition) is 2. The fraction of sp³-hybridized carbons (Fsp3) is 0.762. The van der Waals surface area contributed by atoms with E-state index in [2.05, 4.69) is 53.1 Å². The lowest BCUT2D eigenvalue weighted by molar-refractivity contribution is 0.0888. The Kier molecular flexibility index (Phi) is 15.0. The number of aliphatic imine (C=N–C) groups is 1. The Bertz CT molecular complexity index is 535. The monoisotopic (exact) mass is 538 g/mol. The summed E-state index contributed by atoms with van der Waals surface area (Å²) in [6, 6.07) is 2.55. The normalized spacial score (nSPS) is 17.9. The van der Waals surface area contributed by atoms with E-state index in [0.29, 0.717) is 12.0 Å². The molecule has 2 N–H and O–H groups in total. The van der Waals surface area contributed by atoms with Gasteiger partial charge in [-0.1, -0.05) is 13.8 Å². The van der Waals surface area contributed by atoms with Crippen molar-refractivity contribution in [2.75, 3.05) is 59.2 Å². The first-order chi connectivity index (χ1) is 13.8. The first-order valence-electron chi connectivity index (χ1n) is 10.7. The number of rotatable bonds is 13. The van der Waals surface area contributed by atoms with Crippen molar-refractivity contribution in [1.29, 1.82) is 0 Å². The van der Waals surface area contributed by atoms with Crippen molar-refractivity contribution >= 4 is 41.3 Å². The summed E-state index contributed by atoms with van der Waals surface area (Å²) >= 11 is 1.75. The third-order valence-electron chi connectivity index (χ3n) is 5.08. The van der Waals surface area contributed by atoms with Gasteiger partial charge in [-0.3, -0.25) is 9.89 Å². The third kappa shape index (κ3) is 9.95. The molecule has 0 radical (unpaired) electrons. The van der Waals surface area contributed by atoms with Crippen LogP contribution in [0.1, 0.15) is 45.2 Å². The number of halogens is 1. The molecule has 0 bridgehead atoms. The number of thiophene rings is 1. The van der Waals surface area contributed by atoms with Crippen molar-refractivity contribution in [1.82, 2.24) is 15.5 Å². The summed E-state index contributed by atoms with van der Waals surface area (Å²) in [5.74, 6) is 1.47. The molecule has 2 atom stereocenters. The molecule has 0 saturated carbocycles. The number of hydrogen-bond acceptors (Lipinski definition) is 5. The largest absolute Gasteiger partial charge is 0.381 e. The molecule has 0 spiro atoms. The molecule has 2 unspecified atom stereocenters. The van der Waals surface area contributed by atoms with Crippen molar-refractivity contribution in [3.8, 4) is 0 Å². The topological polar surface area (TPSA) is 58.1 Å². The molecule has 168 valence electrons. The van der Waals surface area contributed by atoms with E-state index in [1.807, 2.05) is 0 Å². The fourth-order valence-corrected chi connectivity index (χ4v) is 4.13. The highest BCUT2D eigenvalue weighted by Gasteiger charge is 2.18. The third-order valence-corrected chi connectivity index (χ3v) is 5.78. The maximum Gasteiger partial charge on any atom is 0.191 e. The molecule has 2 rings (SSSR count). The second-order valence-electron chi connectivity index (χ2n) is 7.10.